The van der Waals surface area contributed by atoms with E-state index in [9.17, 15) is 4.79 Å². The minimum absolute atomic E-state index is 0.225. The van der Waals surface area contributed by atoms with Crippen LogP contribution in [-0.2, 0) is 11.2 Å². The zero-order valence-corrected chi connectivity index (χ0v) is 12.9. The second-order valence-corrected chi connectivity index (χ2v) is 5.56. The number of oxazole rings is 1. The van der Waals surface area contributed by atoms with Crippen LogP contribution in [0.4, 0.5) is 0 Å². The van der Waals surface area contributed by atoms with Crippen molar-refractivity contribution in [3.63, 3.8) is 0 Å². The highest BCUT2D eigenvalue weighted by Gasteiger charge is 2.09. The molecule has 0 amide bonds. The van der Waals surface area contributed by atoms with Gasteiger partial charge in [-0.1, -0.05) is 28.1 Å². The highest BCUT2D eigenvalue weighted by Crippen LogP contribution is 2.21. The van der Waals surface area contributed by atoms with Crippen LogP contribution in [0.3, 0.4) is 0 Å². The van der Waals surface area contributed by atoms with Crippen LogP contribution in [0.15, 0.2) is 51.4 Å². The molecule has 0 aliphatic rings. The molecule has 2 aromatic carbocycles. The lowest BCUT2D eigenvalue weighted by Crippen LogP contribution is -2.11. The van der Waals surface area contributed by atoms with Crippen molar-refractivity contribution in [1.29, 1.82) is 0 Å². The zero-order chi connectivity index (χ0) is 14.8. The summed E-state index contributed by atoms with van der Waals surface area (Å²) >= 11 is 3.36. The average Bonchev–Trinajstić information content (AvgIpc) is 2.80. The number of halogens is 1. The SMILES string of the molecule is Cc1nc2cc(OC(=O)Cc3ccc(Br)cc3)ccc2o1. The lowest BCUT2D eigenvalue weighted by Gasteiger charge is -2.04. The van der Waals surface area contributed by atoms with Crippen molar-refractivity contribution >= 4 is 33.0 Å². The van der Waals surface area contributed by atoms with Gasteiger partial charge in [0.25, 0.3) is 0 Å². The molecule has 0 aliphatic heterocycles. The monoisotopic (exact) mass is 345 g/mol. The van der Waals surface area contributed by atoms with Crippen molar-refractivity contribution < 1.29 is 13.9 Å². The lowest BCUT2D eigenvalue weighted by atomic mass is 10.1. The highest BCUT2D eigenvalue weighted by molar-refractivity contribution is 9.10. The summed E-state index contributed by atoms with van der Waals surface area (Å²) in [6.07, 6.45) is 0.225. The molecule has 0 unspecified atom stereocenters. The largest absolute Gasteiger partial charge is 0.441 e. The number of fused-ring (bicyclic) bond motifs is 1. The lowest BCUT2D eigenvalue weighted by molar-refractivity contribution is -0.133. The summed E-state index contributed by atoms with van der Waals surface area (Å²) in [7, 11) is 0. The molecule has 0 atom stereocenters. The normalized spacial score (nSPS) is 10.8. The third-order valence-corrected chi connectivity index (χ3v) is 3.49. The van der Waals surface area contributed by atoms with Crippen LogP contribution < -0.4 is 4.74 Å². The number of hydrogen-bond acceptors (Lipinski definition) is 4. The first-order valence-corrected chi connectivity index (χ1v) is 7.22. The molecule has 21 heavy (non-hydrogen) atoms. The van der Waals surface area contributed by atoms with Gasteiger partial charge in [0.05, 0.1) is 6.42 Å². The van der Waals surface area contributed by atoms with Crippen molar-refractivity contribution in [2.45, 2.75) is 13.3 Å². The van der Waals surface area contributed by atoms with Crippen LogP contribution in [0, 0.1) is 6.92 Å². The Morgan fingerprint density at radius 1 is 1.24 bits per heavy atom. The second-order valence-electron chi connectivity index (χ2n) is 4.64. The Hall–Kier alpha value is -2.14. The molecule has 0 saturated heterocycles. The molecular weight excluding hydrogens is 334 g/mol. The molecule has 5 heteroatoms. The van der Waals surface area contributed by atoms with Crippen LogP contribution in [0.2, 0.25) is 0 Å². The number of carbonyl (C=O) groups is 1. The third-order valence-electron chi connectivity index (χ3n) is 2.96. The number of benzene rings is 2. The van der Waals surface area contributed by atoms with E-state index in [1.54, 1.807) is 25.1 Å². The molecule has 4 nitrogen and oxygen atoms in total. The van der Waals surface area contributed by atoms with Gasteiger partial charge in [-0.05, 0) is 29.8 Å². The maximum atomic E-state index is 11.9. The zero-order valence-electron chi connectivity index (χ0n) is 11.3. The van der Waals surface area contributed by atoms with Gasteiger partial charge in [-0.3, -0.25) is 4.79 Å². The van der Waals surface area contributed by atoms with Gasteiger partial charge in [0.1, 0.15) is 11.3 Å². The number of aromatic nitrogens is 1. The van der Waals surface area contributed by atoms with E-state index in [1.165, 1.54) is 0 Å². The summed E-state index contributed by atoms with van der Waals surface area (Å²) in [5.41, 5.74) is 2.27. The van der Waals surface area contributed by atoms with Gasteiger partial charge < -0.3 is 9.15 Å². The van der Waals surface area contributed by atoms with Gasteiger partial charge in [-0.25, -0.2) is 4.98 Å². The minimum atomic E-state index is -0.308. The summed E-state index contributed by atoms with van der Waals surface area (Å²) in [6.45, 7) is 1.78. The molecule has 0 radical (unpaired) electrons. The number of nitrogens with zero attached hydrogens (tertiary/aromatic N) is 1. The molecule has 1 heterocycles. The first-order chi connectivity index (χ1) is 10.1. The van der Waals surface area contributed by atoms with Crippen molar-refractivity contribution in [2.75, 3.05) is 0 Å². The number of ether oxygens (including phenoxy) is 1. The Morgan fingerprint density at radius 2 is 2.00 bits per heavy atom. The van der Waals surface area contributed by atoms with Crippen LogP contribution in [0.25, 0.3) is 11.1 Å². The van der Waals surface area contributed by atoms with Gasteiger partial charge in [0, 0.05) is 17.5 Å². The molecule has 0 aliphatic carbocycles. The fourth-order valence-corrected chi connectivity index (χ4v) is 2.29. The maximum absolute atomic E-state index is 11.9. The second kappa shape index (κ2) is 5.69. The standard InChI is InChI=1S/C16H12BrNO3/c1-10-18-14-9-13(6-7-15(14)20-10)21-16(19)8-11-2-4-12(17)5-3-11/h2-7,9H,8H2,1H3. The van der Waals surface area contributed by atoms with Gasteiger partial charge >= 0.3 is 5.97 Å². The van der Waals surface area contributed by atoms with E-state index in [1.807, 2.05) is 24.3 Å². The fourth-order valence-electron chi connectivity index (χ4n) is 2.02. The highest BCUT2D eigenvalue weighted by atomic mass is 79.9. The molecule has 0 fully saturated rings. The quantitative estimate of drug-likeness (QED) is 0.530. The Kier molecular flexibility index (Phi) is 3.75. The number of esters is 1. The van der Waals surface area contributed by atoms with E-state index in [0.717, 1.165) is 10.0 Å². The smallest absolute Gasteiger partial charge is 0.315 e. The Balaban J connectivity index is 1.71. The number of carbonyl (C=O) groups excluding carboxylic acids is 1. The van der Waals surface area contributed by atoms with Crippen LogP contribution in [0.1, 0.15) is 11.5 Å². The Labute approximate surface area is 129 Å². The first-order valence-electron chi connectivity index (χ1n) is 6.42. The predicted molar refractivity (Wildman–Crippen MR) is 82.2 cm³/mol. The molecule has 0 spiro atoms. The minimum Gasteiger partial charge on any atom is -0.441 e. The topological polar surface area (TPSA) is 52.3 Å². The molecule has 1 aromatic heterocycles. The maximum Gasteiger partial charge on any atom is 0.315 e. The van der Waals surface area contributed by atoms with Crippen molar-refractivity contribution in [3.05, 3.63) is 58.4 Å². The molecule has 3 aromatic rings. The Bertz CT molecular complexity index is 793. The Morgan fingerprint density at radius 3 is 2.76 bits per heavy atom. The first kappa shape index (κ1) is 13.8. The summed E-state index contributed by atoms with van der Waals surface area (Å²) in [5.74, 6) is 0.748. The summed E-state index contributed by atoms with van der Waals surface area (Å²) < 4.78 is 11.7. The molecule has 0 N–H and O–H groups in total. The average molecular weight is 346 g/mol. The van der Waals surface area contributed by atoms with E-state index < -0.39 is 0 Å². The molecule has 0 bridgehead atoms. The summed E-state index contributed by atoms with van der Waals surface area (Å²) in [4.78, 5) is 16.1. The van der Waals surface area contributed by atoms with E-state index in [0.29, 0.717) is 22.7 Å². The van der Waals surface area contributed by atoms with Gasteiger partial charge in [-0.2, -0.15) is 0 Å². The predicted octanol–water partition coefficient (Wildman–Crippen LogP) is 4.05. The van der Waals surface area contributed by atoms with Gasteiger partial charge in [-0.15, -0.1) is 0 Å². The number of hydrogen-bond donors (Lipinski definition) is 0. The van der Waals surface area contributed by atoms with Crippen molar-refractivity contribution in [1.82, 2.24) is 4.98 Å². The number of aryl methyl sites for hydroxylation is 1. The van der Waals surface area contributed by atoms with Crippen LogP contribution in [0.5, 0.6) is 5.75 Å². The fraction of sp³-hybridized carbons (Fsp3) is 0.125. The van der Waals surface area contributed by atoms with E-state index in [-0.39, 0.29) is 12.4 Å². The van der Waals surface area contributed by atoms with Crippen molar-refractivity contribution in [3.8, 4) is 5.75 Å². The van der Waals surface area contributed by atoms with Crippen LogP contribution >= 0.6 is 15.9 Å². The number of rotatable bonds is 3. The van der Waals surface area contributed by atoms with Gasteiger partial charge in [0.2, 0.25) is 0 Å². The molecular formula is C16H12BrNO3. The van der Waals surface area contributed by atoms with E-state index >= 15 is 0 Å². The summed E-state index contributed by atoms with van der Waals surface area (Å²) in [5, 5.41) is 0. The molecule has 3 rings (SSSR count). The summed E-state index contributed by atoms with van der Waals surface area (Å²) in [6, 6.07) is 12.7. The van der Waals surface area contributed by atoms with E-state index in [2.05, 4.69) is 20.9 Å². The van der Waals surface area contributed by atoms with Gasteiger partial charge in [0.15, 0.2) is 11.5 Å². The third kappa shape index (κ3) is 3.31. The molecule has 106 valence electrons. The van der Waals surface area contributed by atoms with Crippen molar-refractivity contribution in [2.24, 2.45) is 0 Å². The molecule has 0 saturated carbocycles. The van der Waals surface area contributed by atoms with Crippen LogP contribution in [-0.4, -0.2) is 11.0 Å². The van der Waals surface area contributed by atoms with E-state index in [4.69, 9.17) is 9.15 Å².